The van der Waals surface area contributed by atoms with Crippen LogP contribution < -0.4 is 20.3 Å². The van der Waals surface area contributed by atoms with E-state index < -0.39 is 0 Å². The van der Waals surface area contributed by atoms with Gasteiger partial charge in [0.05, 0.1) is 5.69 Å². The second-order valence-electron chi connectivity index (χ2n) is 6.69. The molecular weight excluding hydrogens is 421 g/mol. The van der Waals surface area contributed by atoms with Gasteiger partial charge in [-0.05, 0) is 43.3 Å². The molecule has 4 rings (SSSR count). The average molecular weight is 439 g/mol. The van der Waals surface area contributed by atoms with E-state index in [-0.39, 0.29) is 30.5 Å². The number of hydrogen-bond acceptors (Lipinski definition) is 6. The molecule has 0 aliphatic rings. The Kier molecular flexibility index (Phi) is 5.94. The van der Waals surface area contributed by atoms with Crippen LogP contribution in [0.1, 0.15) is 10.6 Å². The number of fused-ring (bicyclic) bond motifs is 1. The van der Waals surface area contributed by atoms with Crippen LogP contribution in [0.3, 0.4) is 0 Å². The van der Waals surface area contributed by atoms with Gasteiger partial charge >= 0.3 is 0 Å². The Bertz CT molecular complexity index is 1280. The van der Waals surface area contributed by atoms with Crippen molar-refractivity contribution >= 4 is 27.9 Å². The third-order valence-electron chi connectivity index (χ3n) is 4.22. The van der Waals surface area contributed by atoms with Gasteiger partial charge in [-0.2, -0.15) is 0 Å². The van der Waals surface area contributed by atoms with Gasteiger partial charge in [-0.15, -0.1) is 11.3 Å². The van der Waals surface area contributed by atoms with Gasteiger partial charge in [0.15, 0.2) is 11.6 Å². The Morgan fingerprint density at radius 1 is 1.13 bits per heavy atom. The van der Waals surface area contributed by atoms with Gasteiger partial charge in [0, 0.05) is 28.9 Å². The third-order valence-corrected chi connectivity index (χ3v) is 5.12. The molecule has 2 aromatic heterocycles. The van der Waals surface area contributed by atoms with E-state index in [0.29, 0.717) is 27.8 Å². The van der Waals surface area contributed by atoms with E-state index in [1.165, 1.54) is 46.1 Å². The molecule has 0 unspecified atom stereocenters. The molecule has 0 bridgehead atoms. The monoisotopic (exact) mass is 439 g/mol. The normalized spacial score (nSPS) is 10.8. The molecule has 0 aliphatic heterocycles. The molecular formula is C22H18FN3O4S. The Balaban J connectivity index is 1.35. The molecule has 0 spiro atoms. The average Bonchev–Trinajstić information content (AvgIpc) is 3.13. The number of aryl methyl sites for hydroxylation is 1. The summed E-state index contributed by atoms with van der Waals surface area (Å²) in [4.78, 5) is 30.3. The van der Waals surface area contributed by atoms with Crippen molar-refractivity contribution in [3.05, 3.63) is 87.5 Å². The van der Waals surface area contributed by atoms with Crippen LogP contribution in [0.15, 0.2) is 65.6 Å². The summed E-state index contributed by atoms with van der Waals surface area (Å²) in [6.45, 7) is 1.82. The number of aromatic nitrogens is 2. The lowest BCUT2D eigenvalue weighted by Crippen LogP contribution is -2.20. The van der Waals surface area contributed by atoms with Crippen molar-refractivity contribution in [1.29, 1.82) is 0 Å². The van der Waals surface area contributed by atoms with Crippen molar-refractivity contribution in [2.24, 2.45) is 0 Å². The van der Waals surface area contributed by atoms with E-state index in [9.17, 15) is 14.0 Å². The van der Waals surface area contributed by atoms with E-state index in [4.69, 9.17) is 9.47 Å². The number of carbonyl (C=O) groups is 1. The van der Waals surface area contributed by atoms with E-state index in [1.807, 2.05) is 6.92 Å². The third kappa shape index (κ3) is 5.26. The zero-order valence-corrected chi connectivity index (χ0v) is 17.3. The molecule has 31 heavy (non-hydrogen) atoms. The number of halogens is 1. The van der Waals surface area contributed by atoms with Crippen LogP contribution in [0.4, 0.5) is 10.1 Å². The van der Waals surface area contributed by atoms with Crippen LogP contribution in [0, 0.1) is 12.7 Å². The number of ether oxygens (including phenoxy) is 2. The Morgan fingerprint density at radius 2 is 1.94 bits per heavy atom. The maximum Gasteiger partial charge on any atom is 0.262 e. The van der Waals surface area contributed by atoms with Crippen molar-refractivity contribution in [2.75, 3.05) is 11.9 Å². The van der Waals surface area contributed by atoms with Crippen molar-refractivity contribution in [3.63, 3.8) is 0 Å². The summed E-state index contributed by atoms with van der Waals surface area (Å²) >= 11 is 1.43. The molecule has 0 saturated heterocycles. The quantitative estimate of drug-likeness (QED) is 0.474. The minimum Gasteiger partial charge on any atom is -0.487 e. The van der Waals surface area contributed by atoms with E-state index in [1.54, 1.807) is 30.5 Å². The largest absolute Gasteiger partial charge is 0.487 e. The van der Waals surface area contributed by atoms with Crippen LogP contribution in [0.5, 0.6) is 11.5 Å². The fraction of sp³-hybridized carbons (Fsp3) is 0.136. The van der Waals surface area contributed by atoms with Crippen molar-refractivity contribution in [2.45, 2.75) is 13.5 Å². The van der Waals surface area contributed by atoms with Gasteiger partial charge < -0.3 is 14.8 Å². The number of rotatable bonds is 7. The molecule has 158 valence electrons. The smallest absolute Gasteiger partial charge is 0.262 e. The predicted octanol–water partition coefficient (Wildman–Crippen LogP) is 3.80. The van der Waals surface area contributed by atoms with Gasteiger partial charge in [0.1, 0.15) is 23.9 Å². The van der Waals surface area contributed by atoms with E-state index in [0.717, 1.165) is 4.88 Å². The first-order valence-electron chi connectivity index (χ1n) is 9.36. The Hall–Kier alpha value is -3.72. The zero-order valence-electron chi connectivity index (χ0n) is 16.5. The highest BCUT2D eigenvalue weighted by Crippen LogP contribution is 2.19. The predicted molar refractivity (Wildman–Crippen MR) is 115 cm³/mol. The minimum absolute atomic E-state index is 0.119. The fourth-order valence-corrected chi connectivity index (χ4v) is 3.68. The summed E-state index contributed by atoms with van der Waals surface area (Å²) < 4.78 is 25.5. The molecule has 0 saturated carbocycles. The molecule has 0 atom stereocenters. The summed E-state index contributed by atoms with van der Waals surface area (Å²) in [6, 6.07) is 13.7. The number of thiazole rings is 1. The standard InChI is InChI=1S/C22H18FN3O4S/c1-14-11-26-21(28)10-17(25-22(26)31-14)12-29-19-4-2-3-16(9-19)24-20(27)13-30-18-7-5-15(23)6-8-18/h2-11H,12-13H2,1H3,(H,24,27). The number of carbonyl (C=O) groups excluding carboxylic acids is 1. The first-order valence-corrected chi connectivity index (χ1v) is 10.2. The summed E-state index contributed by atoms with van der Waals surface area (Å²) in [5.41, 5.74) is 0.895. The van der Waals surface area contributed by atoms with Gasteiger partial charge in [-0.1, -0.05) is 6.07 Å². The number of nitrogens with one attached hydrogen (secondary N) is 1. The number of amides is 1. The van der Waals surface area contributed by atoms with Gasteiger partial charge in [0.2, 0.25) is 0 Å². The summed E-state index contributed by atoms with van der Waals surface area (Å²) in [5, 5.41) is 2.71. The first-order chi connectivity index (χ1) is 15.0. The molecule has 2 aromatic carbocycles. The lowest BCUT2D eigenvalue weighted by atomic mass is 10.3. The molecule has 0 fully saturated rings. The van der Waals surface area contributed by atoms with Crippen LogP contribution in [0.25, 0.3) is 4.96 Å². The molecule has 1 amide bonds. The Labute approximate surface area is 180 Å². The summed E-state index contributed by atoms with van der Waals surface area (Å²) in [5.74, 6) is 0.172. The SMILES string of the molecule is Cc1cn2c(=O)cc(COc3cccc(NC(=O)COc4ccc(F)cc4)c3)nc2s1. The van der Waals surface area contributed by atoms with Gasteiger partial charge in [-0.3, -0.25) is 14.0 Å². The summed E-state index contributed by atoms with van der Waals surface area (Å²) in [7, 11) is 0. The molecule has 1 N–H and O–H groups in total. The van der Waals surface area contributed by atoms with Crippen molar-refractivity contribution in [3.8, 4) is 11.5 Å². The Morgan fingerprint density at radius 3 is 2.74 bits per heavy atom. The van der Waals surface area contributed by atoms with Crippen LogP contribution in [-0.2, 0) is 11.4 Å². The highest BCUT2D eigenvalue weighted by Gasteiger charge is 2.08. The van der Waals surface area contributed by atoms with E-state index >= 15 is 0 Å². The van der Waals surface area contributed by atoms with Crippen molar-refractivity contribution in [1.82, 2.24) is 9.38 Å². The number of nitrogens with zero attached hydrogens (tertiary/aromatic N) is 2. The number of anilines is 1. The van der Waals surface area contributed by atoms with Crippen LogP contribution >= 0.6 is 11.3 Å². The molecule has 2 heterocycles. The van der Waals surface area contributed by atoms with Crippen molar-refractivity contribution < 1.29 is 18.7 Å². The highest BCUT2D eigenvalue weighted by molar-refractivity contribution is 7.16. The van der Waals surface area contributed by atoms with Crippen LogP contribution in [0.2, 0.25) is 0 Å². The molecule has 7 nitrogen and oxygen atoms in total. The number of benzene rings is 2. The lowest BCUT2D eigenvalue weighted by Gasteiger charge is -2.10. The van der Waals surface area contributed by atoms with Crippen LogP contribution in [-0.4, -0.2) is 21.9 Å². The number of hydrogen-bond donors (Lipinski definition) is 1. The molecule has 0 aliphatic carbocycles. The maximum absolute atomic E-state index is 12.9. The molecule has 0 radical (unpaired) electrons. The molecule has 4 aromatic rings. The van der Waals surface area contributed by atoms with Gasteiger partial charge in [0.25, 0.3) is 11.5 Å². The maximum atomic E-state index is 12.9. The van der Waals surface area contributed by atoms with Gasteiger partial charge in [-0.25, -0.2) is 9.37 Å². The highest BCUT2D eigenvalue weighted by atomic mass is 32.1. The lowest BCUT2D eigenvalue weighted by molar-refractivity contribution is -0.118. The zero-order chi connectivity index (χ0) is 21.8. The summed E-state index contributed by atoms with van der Waals surface area (Å²) in [6.07, 6.45) is 1.76. The topological polar surface area (TPSA) is 81.9 Å². The fourth-order valence-electron chi connectivity index (χ4n) is 2.83. The second-order valence-corrected chi connectivity index (χ2v) is 7.90. The second kappa shape index (κ2) is 8.97. The first kappa shape index (κ1) is 20.5. The van der Waals surface area contributed by atoms with E-state index in [2.05, 4.69) is 10.3 Å². The minimum atomic E-state index is -0.375. The molecule has 9 heteroatoms.